The summed E-state index contributed by atoms with van der Waals surface area (Å²) in [5.74, 6) is 0.166. The predicted octanol–water partition coefficient (Wildman–Crippen LogP) is 1.56. The lowest BCUT2D eigenvalue weighted by atomic mass is 10.1. The fourth-order valence-corrected chi connectivity index (χ4v) is 1.96. The van der Waals surface area contributed by atoms with E-state index < -0.39 is 0 Å². The molecule has 0 saturated carbocycles. The number of benzene rings is 1. The van der Waals surface area contributed by atoms with Crippen LogP contribution in [0.3, 0.4) is 0 Å². The van der Waals surface area contributed by atoms with Gasteiger partial charge in [0.15, 0.2) is 0 Å². The molecule has 1 fully saturated rings. The molecule has 3 nitrogen and oxygen atoms in total. The molecular weight excluding hydrogens is 224 g/mol. The summed E-state index contributed by atoms with van der Waals surface area (Å²) in [5, 5.41) is 0. The van der Waals surface area contributed by atoms with Crippen molar-refractivity contribution in [2.45, 2.75) is 32.0 Å². The number of likely N-dealkylation sites (tertiary alicyclic amines) is 1. The first-order valence-electron chi connectivity index (χ1n) is 5.27. The summed E-state index contributed by atoms with van der Waals surface area (Å²) >= 11 is 0. The molecule has 1 aliphatic heterocycles. The second-order valence-corrected chi connectivity index (χ2v) is 4.12. The largest absolute Gasteiger partial charge is 0.334 e. The molecule has 1 saturated heterocycles. The van der Waals surface area contributed by atoms with Crippen LogP contribution in [0.4, 0.5) is 0 Å². The summed E-state index contributed by atoms with van der Waals surface area (Å²) in [6.45, 7) is 2.69. The van der Waals surface area contributed by atoms with Crippen molar-refractivity contribution >= 4 is 18.3 Å². The summed E-state index contributed by atoms with van der Waals surface area (Å²) in [4.78, 5) is 13.5. The first kappa shape index (κ1) is 13.0. The molecule has 0 bridgehead atoms. The van der Waals surface area contributed by atoms with Crippen molar-refractivity contribution in [1.29, 1.82) is 0 Å². The highest BCUT2D eigenvalue weighted by Crippen LogP contribution is 2.19. The highest BCUT2D eigenvalue weighted by molar-refractivity contribution is 5.85. The van der Waals surface area contributed by atoms with Gasteiger partial charge in [-0.05, 0) is 12.5 Å². The number of amides is 1. The van der Waals surface area contributed by atoms with E-state index in [1.165, 1.54) is 0 Å². The molecule has 0 aliphatic carbocycles. The molecule has 0 radical (unpaired) electrons. The highest BCUT2D eigenvalue weighted by atomic mass is 35.5. The number of halogens is 1. The smallest absolute Gasteiger partial charge is 0.224 e. The predicted molar refractivity (Wildman–Crippen MR) is 66.3 cm³/mol. The third kappa shape index (κ3) is 2.54. The van der Waals surface area contributed by atoms with Gasteiger partial charge in [-0.3, -0.25) is 4.79 Å². The van der Waals surface area contributed by atoms with Gasteiger partial charge >= 0.3 is 0 Å². The highest BCUT2D eigenvalue weighted by Gasteiger charge is 2.33. The van der Waals surface area contributed by atoms with E-state index in [1.807, 2.05) is 42.2 Å². The zero-order valence-electron chi connectivity index (χ0n) is 9.30. The summed E-state index contributed by atoms with van der Waals surface area (Å²) < 4.78 is 0. The van der Waals surface area contributed by atoms with E-state index in [0.717, 1.165) is 5.56 Å². The van der Waals surface area contributed by atoms with Gasteiger partial charge in [-0.25, -0.2) is 0 Å². The summed E-state index contributed by atoms with van der Waals surface area (Å²) in [7, 11) is 0. The Kier molecular flexibility index (Phi) is 4.33. The van der Waals surface area contributed by atoms with E-state index in [2.05, 4.69) is 0 Å². The topological polar surface area (TPSA) is 46.3 Å². The Bertz CT molecular complexity index is 355. The van der Waals surface area contributed by atoms with Gasteiger partial charge in [-0.15, -0.1) is 12.4 Å². The minimum Gasteiger partial charge on any atom is -0.334 e. The number of hydrogen-bond donors (Lipinski definition) is 1. The SMILES string of the molecule is C[C@@H]1[C@H](N)CC(=O)N1Cc1ccccc1.Cl. The van der Waals surface area contributed by atoms with E-state index in [-0.39, 0.29) is 30.4 Å². The van der Waals surface area contributed by atoms with Gasteiger partial charge in [0.05, 0.1) is 0 Å². The maximum absolute atomic E-state index is 11.6. The molecule has 0 aromatic heterocycles. The van der Waals surface area contributed by atoms with Crippen LogP contribution in [0.1, 0.15) is 18.9 Å². The number of rotatable bonds is 2. The van der Waals surface area contributed by atoms with E-state index in [4.69, 9.17) is 5.73 Å². The monoisotopic (exact) mass is 240 g/mol. The van der Waals surface area contributed by atoms with E-state index in [1.54, 1.807) is 0 Å². The van der Waals surface area contributed by atoms with Crippen LogP contribution in [-0.4, -0.2) is 22.9 Å². The molecule has 0 spiro atoms. The molecule has 1 amide bonds. The van der Waals surface area contributed by atoms with E-state index >= 15 is 0 Å². The van der Waals surface area contributed by atoms with Crippen LogP contribution >= 0.6 is 12.4 Å². The zero-order valence-corrected chi connectivity index (χ0v) is 10.1. The molecule has 1 aliphatic rings. The number of carbonyl (C=O) groups excluding carboxylic acids is 1. The lowest BCUT2D eigenvalue weighted by Gasteiger charge is -2.23. The average molecular weight is 241 g/mol. The van der Waals surface area contributed by atoms with Crippen molar-refractivity contribution < 1.29 is 4.79 Å². The maximum Gasteiger partial charge on any atom is 0.224 e. The van der Waals surface area contributed by atoms with Gasteiger partial charge < -0.3 is 10.6 Å². The quantitative estimate of drug-likeness (QED) is 0.853. The molecule has 2 rings (SSSR count). The second kappa shape index (κ2) is 5.32. The molecule has 2 atom stereocenters. The maximum atomic E-state index is 11.6. The van der Waals surface area contributed by atoms with Crippen LogP contribution < -0.4 is 5.73 Å². The molecular formula is C12H17ClN2O. The fourth-order valence-electron chi connectivity index (χ4n) is 1.96. The van der Waals surface area contributed by atoms with E-state index in [9.17, 15) is 4.79 Å². The van der Waals surface area contributed by atoms with Crippen molar-refractivity contribution in [3.63, 3.8) is 0 Å². The third-order valence-corrected chi connectivity index (χ3v) is 3.04. The van der Waals surface area contributed by atoms with Gasteiger partial charge in [0.2, 0.25) is 5.91 Å². The summed E-state index contributed by atoms with van der Waals surface area (Å²) in [6.07, 6.45) is 0.480. The molecule has 0 unspecified atom stereocenters. The van der Waals surface area contributed by atoms with Crippen LogP contribution in [-0.2, 0) is 11.3 Å². The normalized spacial score (nSPS) is 24.4. The second-order valence-electron chi connectivity index (χ2n) is 4.12. The Morgan fingerprint density at radius 1 is 1.38 bits per heavy atom. The molecule has 1 aromatic rings. The fraction of sp³-hybridized carbons (Fsp3) is 0.417. The molecule has 88 valence electrons. The number of nitrogens with zero attached hydrogens (tertiary/aromatic N) is 1. The van der Waals surface area contributed by atoms with Crippen LogP contribution in [0.5, 0.6) is 0 Å². The lowest BCUT2D eigenvalue weighted by molar-refractivity contribution is -0.129. The molecule has 1 heterocycles. The number of carbonyl (C=O) groups is 1. The zero-order chi connectivity index (χ0) is 10.8. The van der Waals surface area contributed by atoms with Crippen LogP contribution in [0.2, 0.25) is 0 Å². The van der Waals surface area contributed by atoms with Gasteiger partial charge in [-0.2, -0.15) is 0 Å². The standard InChI is InChI=1S/C12H16N2O.ClH/c1-9-11(13)7-12(15)14(9)8-10-5-3-2-4-6-10;/h2-6,9,11H,7-8,13H2,1H3;1H/t9-,11-;/m1./s1. The van der Waals surface area contributed by atoms with Crippen molar-refractivity contribution in [1.82, 2.24) is 4.90 Å². The van der Waals surface area contributed by atoms with E-state index in [0.29, 0.717) is 13.0 Å². The molecule has 1 aromatic carbocycles. The Balaban J connectivity index is 0.00000128. The minimum atomic E-state index is -0.0128. The number of nitrogens with two attached hydrogens (primary N) is 1. The summed E-state index contributed by atoms with van der Waals surface area (Å²) in [5.41, 5.74) is 7.01. The first-order chi connectivity index (χ1) is 7.18. The molecule has 4 heteroatoms. The Hall–Kier alpha value is -1.06. The molecule has 16 heavy (non-hydrogen) atoms. The first-order valence-corrected chi connectivity index (χ1v) is 5.27. The average Bonchev–Trinajstić information content (AvgIpc) is 2.47. The third-order valence-electron chi connectivity index (χ3n) is 3.04. The van der Waals surface area contributed by atoms with Crippen molar-refractivity contribution in [3.05, 3.63) is 35.9 Å². The molecule has 2 N–H and O–H groups in total. The van der Waals surface area contributed by atoms with Crippen molar-refractivity contribution in [3.8, 4) is 0 Å². The van der Waals surface area contributed by atoms with Crippen molar-refractivity contribution in [2.24, 2.45) is 5.73 Å². The Morgan fingerprint density at radius 2 is 2.00 bits per heavy atom. The van der Waals surface area contributed by atoms with Gasteiger partial charge in [0, 0.05) is 25.0 Å². The van der Waals surface area contributed by atoms with Gasteiger partial charge in [0.1, 0.15) is 0 Å². The van der Waals surface area contributed by atoms with Crippen LogP contribution in [0.15, 0.2) is 30.3 Å². The van der Waals surface area contributed by atoms with Crippen molar-refractivity contribution in [2.75, 3.05) is 0 Å². The number of hydrogen-bond acceptors (Lipinski definition) is 2. The minimum absolute atomic E-state index is 0. The lowest BCUT2D eigenvalue weighted by Crippen LogP contribution is -2.37. The Labute approximate surface area is 102 Å². The van der Waals surface area contributed by atoms with Gasteiger partial charge in [-0.1, -0.05) is 30.3 Å². The van der Waals surface area contributed by atoms with Crippen LogP contribution in [0, 0.1) is 0 Å². The summed E-state index contributed by atoms with van der Waals surface area (Å²) in [6, 6.07) is 10.2. The Morgan fingerprint density at radius 3 is 2.50 bits per heavy atom. The van der Waals surface area contributed by atoms with Crippen LogP contribution in [0.25, 0.3) is 0 Å². The van der Waals surface area contributed by atoms with Gasteiger partial charge in [0.25, 0.3) is 0 Å².